The third-order valence-corrected chi connectivity index (χ3v) is 4.34. The van der Waals surface area contributed by atoms with Crippen molar-refractivity contribution in [3.8, 4) is 0 Å². The number of thiocarbonyl (C=S) groups is 1. The molecule has 0 aromatic carbocycles. The molecule has 0 amide bonds. The number of fused-ring (bicyclic) bond motifs is 1. The molecule has 1 aromatic rings. The summed E-state index contributed by atoms with van der Waals surface area (Å²) in [5.41, 5.74) is 0. The van der Waals surface area contributed by atoms with E-state index in [1.54, 1.807) is 0 Å². The van der Waals surface area contributed by atoms with E-state index in [1.807, 2.05) is 12.4 Å². The molecule has 2 aliphatic rings. The fourth-order valence-corrected chi connectivity index (χ4v) is 3.18. The van der Waals surface area contributed by atoms with Crippen LogP contribution < -0.4 is 5.32 Å². The van der Waals surface area contributed by atoms with Crippen LogP contribution in [0.4, 0.5) is 0 Å². The maximum absolute atomic E-state index is 5.54. The molecule has 1 fully saturated rings. The Morgan fingerprint density at radius 2 is 2.11 bits per heavy atom. The fourth-order valence-electron chi connectivity index (χ4n) is 2.86. The van der Waals surface area contributed by atoms with Gasteiger partial charge in [-0.25, -0.2) is 4.98 Å². The van der Waals surface area contributed by atoms with E-state index in [0.717, 1.165) is 30.6 Å². The van der Waals surface area contributed by atoms with Crippen LogP contribution in [0.25, 0.3) is 0 Å². The number of imidazole rings is 1. The van der Waals surface area contributed by atoms with Crippen molar-refractivity contribution in [1.29, 1.82) is 0 Å². The maximum atomic E-state index is 5.54. The molecule has 0 atom stereocenters. The van der Waals surface area contributed by atoms with Crippen LogP contribution in [0.2, 0.25) is 0 Å². The lowest BCUT2D eigenvalue weighted by atomic mass is 9.96. The van der Waals surface area contributed by atoms with Crippen LogP contribution in [0.3, 0.4) is 0 Å². The van der Waals surface area contributed by atoms with Crippen molar-refractivity contribution in [3.05, 3.63) is 18.2 Å². The van der Waals surface area contributed by atoms with E-state index in [2.05, 4.69) is 19.8 Å². The van der Waals surface area contributed by atoms with Crippen molar-refractivity contribution in [2.75, 3.05) is 6.54 Å². The molecule has 0 spiro atoms. The Kier molecular flexibility index (Phi) is 3.50. The smallest absolute Gasteiger partial charge is 0.169 e. The van der Waals surface area contributed by atoms with E-state index in [9.17, 15) is 0 Å². The molecule has 2 heterocycles. The lowest BCUT2D eigenvalue weighted by Crippen LogP contribution is -2.47. The molecule has 0 saturated heterocycles. The molecule has 1 aliphatic carbocycles. The highest BCUT2D eigenvalue weighted by molar-refractivity contribution is 7.80. The summed E-state index contributed by atoms with van der Waals surface area (Å²) in [4.78, 5) is 6.61. The summed E-state index contributed by atoms with van der Waals surface area (Å²) in [6.07, 6.45) is 10.5. The molecule has 1 aliphatic heterocycles. The summed E-state index contributed by atoms with van der Waals surface area (Å²) in [7, 11) is 0. The van der Waals surface area contributed by atoms with Crippen molar-refractivity contribution in [1.82, 2.24) is 19.8 Å². The Morgan fingerprint density at radius 3 is 2.94 bits per heavy atom. The summed E-state index contributed by atoms with van der Waals surface area (Å²) < 4.78 is 2.21. The Balaban J connectivity index is 1.57. The highest BCUT2D eigenvalue weighted by atomic mass is 32.1. The van der Waals surface area contributed by atoms with Crippen LogP contribution in [0.1, 0.15) is 37.9 Å². The summed E-state index contributed by atoms with van der Waals surface area (Å²) in [5.74, 6) is 1.12. The second-order valence-corrected chi connectivity index (χ2v) is 5.63. The van der Waals surface area contributed by atoms with Gasteiger partial charge in [0.1, 0.15) is 5.82 Å². The van der Waals surface area contributed by atoms with Gasteiger partial charge in [-0.05, 0) is 25.1 Å². The zero-order valence-electron chi connectivity index (χ0n) is 10.6. The largest absolute Gasteiger partial charge is 0.360 e. The quantitative estimate of drug-likeness (QED) is 0.786. The number of nitrogens with zero attached hydrogens (tertiary/aromatic N) is 3. The second kappa shape index (κ2) is 5.26. The summed E-state index contributed by atoms with van der Waals surface area (Å²) >= 11 is 5.54. The van der Waals surface area contributed by atoms with Gasteiger partial charge in [-0.15, -0.1) is 0 Å². The van der Waals surface area contributed by atoms with Gasteiger partial charge in [-0.3, -0.25) is 0 Å². The molecule has 1 aromatic heterocycles. The minimum atomic E-state index is 0.591. The van der Waals surface area contributed by atoms with E-state index < -0.39 is 0 Å². The molecule has 0 bridgehead atoms. The van der Waals surface area contributed by atoms with Gasteiger partial charge < -0.3 is 14.8 Å². The molecule has 1 N–H and O–H groups in total. The lowest BCUT2D eigenvalue weighted by Gasteiger charge is -2.33. The lowest BCUT2D eigenvalue weighted by molar-refractivity contribution is 0.314. The first-order valence-electron chi connectivity index (χ1n) is 6.88. The molecule has 18 heavy (non-hydrogen) atoms. The SMILES string of the molecule is S=C(NC1CCCCC1)N1CCn2ccnc2C1. The third kappa shape index (κ3) is 2.51. The van der Waals surface area contributed by atoms with E-state index in [-0.39, 0.29) is 0 Å². The summed E-state index contributed by atoms with van der Waals surface area (Å²) in [6.45, 7) is 2.81. The molecular formula is C13H20N4S. The third-order valence-electron chi connectivity index (χ3n) is 3.96. The van der Waals surface area contributed by atoms with Gasteiger partial charge in [-0.2, -0.15) is 0 Å². The number of hydrogen-bond acceptors (Lipinski definition) is 2. The van der Waals surface area contributed by atoms with Gasteiger partial charge in [0.15, 0.2) is 5.11 Å². The first-order chi connectivity index (χ1) is 8.83. The van der Waals surface area contributed by atoms with Crippen LogP contribution in [-0.2, 0) is 13.1 Å². The predicted molar refractivity (Wildman–Crippen MR) is 75.2 cm³/mol. The Labute approximate surface area is 113 Å². The average molecular weight is 264 g/mol. The highest BCUT2D eigenvalue weighted by Crippen LogP contribution is 2.18. The normalized spacial score (nSPS) is 20.6. The van der Waals surface area contributed by atoms with Crippen LogP contribution in [0, 0.1) is 0 Å². The fraction of sp³-hybridized carbons (Fsp3) is 0.692. The van der Waals surface area contributed by atoms with Gasteiger partial charge in [0.05, 0.1) is 6.54 Å². The topological polar surface area (TPSA) is 33.1 Å². The number of rotatable bonds is 1. The molecule has 98 valence electrons. The van der Waals surface area contributed by atoms with Crippen molar-refractivity contribution in [2.24, 2.45) is 0 Å². The molecule has 0 radical (unpaired) electrons. The average Bonchev–Trinajstić information content (AvgIpc) is 2.87. The van der Waals surface area contributed by atoms with Crippen molar-refractivity contribution in [3.63, 3.8) is 0 Å². The van der Waals surface area contributed by atoms with Gasteiger partial charge in [-0.1, -0.05) is 19.3 Å². The number of aromatic nitrogens is 2. The first-order valence-corrected chi connectivity index (χ1v) is 7.29. The van der Waals surface area contributed by atoms with Gasteiger partial charge in [0, 0.05) is 31.5 Å². The maximum Gasteiger partial charge on any atom is 0.169 e. The van der Waals surface area contributed by atoms with E-state index >= 15 is 0 Å². The monoisotopic (exact) mass is 264 g/mol. The minimum Gasteiger partial charge on any atom is -0.360 e. The standard InChI is InChI=1S/C13H20N4S/c18-13(15-11-4-2-1-3-5-11)17-9-8-16-7-6-14-12(16)10-17/h6-7,11H,1-5,8-10H2,(H,15,18). The molecule has 4 nitrogen and oxygen atoms in total. The highest BCUT2D eigenvalue weighted by Gasteiger charge is 2.21. The summed E-state index contributed by atoms with van der Waals surface area (Å²) in [6, 6.07) is 0.591. The van der Waals surface area contributed by atoms with E-state index in [0.29, 0.717) is 6.04 Å². The van der Waals surface area contributed by atoms with Gasteiger partial charge in [0.25, 0.3) is 0 Å². The van der Waals surface area contributed by atoms with Crippen molar-refractivity contribution in [2.45, 2.75) is 51.2 Å². The molecule has 1 saturated carbocycles. The zero-order chi connectivity index (χ0) is 12.4. The van der Waals surface area contributed by atoms with Gasteiger partial charge in [0.2, 0.25) is 0 Å². The van der Waals surface area contributed by atoms with E-state index in [4.69, 9.17) is 12.2 Å². The van der Waals surface area contributed by atoms with Crippen LogP contribution >= 0.6 is 12.2 Å². The number of hydrogen-bond donors (Lipinski definition) is 1. The van der Waals surface area contributed by atoms with Crippen molar-refractivity contribution >= 4 is 17.3 Å². The Hall–Kier alpha value is -1.10. The zero-order valence-corrected chi connectivity index (χ0v) is 11.5. The number of nitrogens with one attached hydrogen (secondary N) is 1. The first kappa shape index (κ1) is 12.0. The summed E-state index contributed by atoms with van der Waals surface area (Å²) in [5, 5.41) is 4.44. The van der Waals surface area contributed by atoms with Crippen molar-refractivity contribution < 1.29 is 0 Å². The molecule has 5 heteroatoms. The van der Waals surface area contributed by atoms with E-state index in [1.165, 1.54) is 32.1 Å². The van der Waals surface area contributed by atoms with Gasteiger partial charge >= 0.3 is 0 Å². The second-order valence-electron chi connectivity index (χ2n) is 5.24. The van der Waals surface area contributed by atoms with Crippen LogP contribution in [-0.4, -0.2) is 32.2 Å². The van der Waals surface area contributed by atoms with Crippen LogP contribution in [0.5, 0.6) is 0 Å². The Bertz CT molecular complexity index is 422. The molecular weight excluding hydrogens is 244 g/mol. The Morgan fingerprint density at radius 1 is 1.28 bits per heavy atom. The predicted octanol–water partition coefficient (Wildman–Crippen LogP) is 1.91. The molecule has 3 rings (SSSR count). The van der Waals surface area contributed by atoms with Crippen LogP contribution in [0.15, 0.2) is 12.4 Å². The molecule has 0 unspecified atom stereocenters. The minimum absolute atomic E-state index is 0.591.